The van der Waals surface area contributed by atoms with E-state index in [2.05, 4.69) is 146 Å². The van der Waals surface area contributed by atoms with E-state index >= 15 is 0 Å². The Bertz CT molecular complexity index is 2150. The molecule has 2 aromatic heterocycles. The molecule has 202 valence electrons. The van der Waals surface area contributed by atoms with Crippen LogP contribution in [0.25, 0.3) is 39.2 Å². The molecule has 1 unspecified atom stereocenters. The molecule has 4 aromatic carbocycles. The molecule has 6 aromatic rings. The molecule has 4 nitrogen and oxygen atoms in total. The minimum atomic E-state index is -0.571. The fourth-order valence-electron chi connectivity index (χ4n) is 8.21. The van der Waals surface area contributed by atoms with Gasteiger partial charge in [0, 0.05) is 30.7 Å². The van der Waals surface area contributed by atoms with Crippen LogP contribution < -0.4 is 14.0 Å². The van der Waals surface area contributed by atoms with Gasteiger partial charge in [-0.05, 0) is 90.0 Å². The van der Waals surface area contributed by atoms with Crippen molar-refractivity contribution in [3.63, 3.8) is 0 Å². The third-order valence-corrected chi connectivity index (χ3v) is 9.59. The third-order valence-electron chi connectivity index (χ3n) is 9.59. The molecule has 0 amide bonds. The van der Waals surface area contributed by atoms with E-state index in [1.807, 2.05) is 0 Å². The summed E-state index contributed by atoms with van der Waals surface area (Å²) in [4.78, 5) is 0. The smallest absolute Gasteiger partial charge is 0.447 e. The number of aryl methyl sites for hydroxylation is 5. The lowest BCUT2D eigenvalue weighted by atomic mass is 9.81. The number of hydrogen-bond donors (Lipinski definition) is 0. The Morgan fingerprint density at radius 3 is 2.19 bits per heavy atom. The van der Waals surface area contributed by atoms with Crippen molar-refractivity contribution >= 4 is 0 Å². The fourth-order valence-corrected chi connectivity index (χ4v) is 8.21. The van der Waals surface area contributed by atoms with Gasteiger partial charge in [0.2, 0.25) is 11.4 Å². The highest BCUT2D eigenvalue weighted by molar-refractivity contribution is 5.89. The first kappa shape index (κ1) is 23.7. The van der Waals surface area contributed by atoms with Crippen LogP contribution in [0.4, 0.5) is 0 Å². The Hall–Kier alpha value is -4.96. The Balaban J connectivity index is 1.42. The summed E-state index contributed by atoms with van der Waals surface area (Å²) in [6.45, 7) is 11.2. The monoisotopic (exact) mass is 545 g/mol. The highest BCUT2D eigenvalue weighted by atomic mass is 16.5. The number of fused-ring (bicyclic) bond motifs is 4. The zero-order valence-electron chi connectivity index (χ0n) is 24.5. The Labute approximate surface area is 245 Å². The molecule has 1 atom stereocenters. The van der Waals surface area contributed by atoms with Gasteiger partial charge in [-0.25, -0.2) is 0 Å². The number of nitrogens with zero attached hydrogens (tertiary/aromatic N) is 3. The van der Waals surface area contributed by atoms with Crippen molar-refractivity contribution < 1.29 is 14.0 Å². The predicted octanol–water partition coefficient (Wildman–Crippen LogP) is 7.63. The molecule has 0 fully saturated rings. The van der Waals surface area contributed by atoms with Gasteiger partial charge in [0.25, 0.3) is 0 Å². The van der Waals surface area contributed by atoms with Crippen molar-refractivity contribution in [2.75, 3.05) is 0 Å². The maximum atomic E-state index is 7.12. The molecule has 4 heteroatoms. The van der Waals surface area contributed by atoms with Crippen LogP contribution in [0, 0.1) is 34.6 Å². The van der Waals surface area contributed by atoms with Gasteiger partial charge in [-0.2, -0.15) is 0 Å². The maximum absolute atomic E-state index is 7.12. The van der Waals surface area contributed by atoms with Crippen LogP contribution in [0.5, 0.6) is 11.5 Å². The summed E-state index contributed by atoms with van der Waals surface area (Å²) in [6, 6.07) is 33.1. The molecule has 3 aliphatic heterocycles. The molecule has 1 spiro atoms. The van der Waals surface area contributed by atoms with E-state index in [0.29, 0.717) is 0 Å². The van der Waals surface area contributed by atoms with E-state index in [9.17, 15) is 0 Å². The van der Waals surface area contributed by atoms with Crippen molar-refractivity contribution in [3.05, 3.63) is 136 Å². The van der Waals surface area contributed by atoms with Gasteiger partial charge in [0.05, 0.1) is 11.3 Å². The van der Waals surface area contributed by atoms with Crippen molar-refractivity contribution in [2.24, 2.45) is 0 Å². The van der Waals surface area contributed by atoms with Crippen molar-refractivity contribution in [1.82, 2.24) is 4.68 Å². The molecule has 5 heterocycles. The van der Waals surface area contributed by atoms with Gasteiger partial charge in [0.1, 0.15) is 11.4 Å². The number of benzene rings is 4. The minimum Gasteiger partial charge on any atom is -0.455 e. The van der Waals surface area contributed by atoms with E-state index in [1.54, 1.807) is 0 Å². The van der Waals surface area contributed by atoms with Crippen LogP contribution in [0.15, 0.2) is 97.2 Å². The lowest BCUT2D eigenvalue weighted by molar-refractivity contribution is -0.990. The lowest BCUT2D eigenvalue weighted by Crippen LogP contribution is -2.74. The van der Waals surface area contributed by atoms with Crippen LogP contribution in [-0.2, 0) is 5.66 Å². The van der Waals surface area contributed by atoms with Gasteiger partial charge >= 0.3 is 5.66 Å². The number of hydrogen-bond acceptors (Lipinski definition) is 1. The van der Waals surface area contributed by atoms with E-state index in [0.717, 1.165) is 11.5 Å². The van der Waals surface area contributed by atoms with E-state index in [-0.39, 0.29) is 0 Å². The summed E-state index contributed by atoms with van der Waals surface area (Å²) in [7, 11) is 0. The summed E-state index contributed by atoms with van der Waals surface area (Å²) < 4.78 is 14.5. The predicted molar refractivity (Wildman–Crippen MR) is 164 cm³/mol. The van der Waals surface area contributed by atoms with Gasteiger partial charge in [-0.1, -0.05) is 48.5 Å². The van der Waals surface area contributed by atoms with Crippen LogP contribution >= 0.6 is 0 Å². The first-order valence-corrected chi connectivity index (χ1v) is 14.7. The molecule has 42 heavy (non-hydrogen) atoms. The molecule has 0 saturated heterocycles. The third kappa shape index (κ3) is 2.64. The van der Waals surface area contributed by atoms with Gasteiger partial charge in [-0.3, -0.25) is 0 Å². The molecule has 0 saturated carbocycles. The topological polar surface area (TPSA) is 21.9 Å². The highest BCUT2D eigenvalue weighted by Gasteiger charge is 2.73. The molecule has 0 N–H and O–H groups in total. The SMILES string of the molecule is Cc1cc(-c2ccccc2)cc(C)c1-c1c(C)cc2c3c1Oc1cccc4c1C3([n+]1ccccc1-2)[n+]1c(C)cc(C)n1-4. The van der Waals surface area contributed by atoms with Gasteiger partial charge in [0.15, 0.2) is 23.1 Å². The lowest BCUT2D eigenvalue weighted by Gasteiger charge is -2.28. The Kier molecular flexibility index (Phi) is 4.44. The second-order valence-electron chi connectivity index (χ2n) is 12.1. The first-order chi connectivity index (χ1) is 20.4. The Morgan fingerprint density at radius 1 is 0.667 bits per heavy atom. The number of pyridine rings is 1. The van der Waals surface area contributed by atoms with E-state index < -0.39 is 5.66 Å². The normalized spacial score (nSPS) is 16.5. The standard InChI is InChI=1S/C38H31N3O/c1-22-18-28(27-12-7-6-8-13-27)19-23(2)33(22)34-24(3)20-29-30-14-9-10-17-39(30)38-35(29)37(34)42-32-16-11-15-31(36(32)38)40-25(4)21-26(5)41(38)40/h6-21H,1-5H3/q+2. The van der Waals surface area contributed by atoms with Crippen LogP contribution in [0.3, 0.4) is 0 Å². The minimum absolute atomic E-state index is 0.571. The number of aromatic nitrogens is 3. The molecule has 0 bridgehead atoms. The number of ether oxygens (including phenoxy) is 1. The second kappa shape index (κ2) is 7.86. The van der Waals surface area contributed by atoms with Crippen LogP contribution in [-0.4, -0.2) is 4.68 Å². The van der Waals surface area contributed by atoms with E-state index in [1.165, 1.54) is 78.4 Å². The average Bonchev–Trinajstić information content (AvgIpc) is 3.58. The van der Waals surface area contributed by atoms with E-state index in [4.69, 9.17) is 4.74 Å². The maximum Gasteiger partial charge on any atom is 0.447 e. The summed E-state index contributed by atoms with van der Waals surface area (Å²) in [5.74, 6) is 1.89. The van der Waals surface area contributed by atoms with Crippen molar-refractivity contribution in [2.45, 2.75) is 40.3 Å². The van der Waals surface area contributed by atoms with Crippen molar-refractivity contribution in [1.29, 1.82) is 0 Å². The number of rotatable bonds is 2. The first-order valence-electron chi connectivity index (χ1n) is 14.7. The molecule has 3 aliphatic rings. The van der Waals surface area contributed by atoms with Crippen LogP contribution in [0.2, 0.25) is 0 Å². The zero-order valence-corrected chi connectivity index (χ0v) is 24.5. The van der Waals surface area contributed by atoms with Crippen LogP contribution in [0.1, 0.15) is 39.2 Å². The quantitative estimate of drug-likeness (QED) is 0.205. The zero-order chi connectivity index (χ0) is 28.5. The molecular formula is C38H31N3O+2. The Morgan fingerprint density at radius 2 is 1.40 bits per heavy atom. The second-order valence-corrected chi connectivity index (χ2v) is 12.1. The largest absolute Gasteiger partial charge is 0.455 e. The molecule has 0 aliphatic carbocycles. The molecule has 0 radical (unpaired) electrons. The summed E-state index contributed by atoms with van der Waals surface area (Å²) in [5.41, 5.74) is 16.6. The van der Waals surface area contributed by atoms with Gasteiger partial charge in [-0.15, -0.1) is 9.25 Å². The summed E-state index contributed by atoms with van der Waals surface area (Å²) >= 11 is 0. The molecule has 9 rings (SSSR count). The van der Waals surface area contributed by atoms with Gasteiger partial charge < -0.3 is 4.74 Å². The summed E-state index contributed by atoms with van der Waals surface area (Å²) in [5, 5.41) is 0. The summed E-state index contributed by atoms with van der Waals surface area (Å²) in [6.07, 6.45) is 2.25. The fraction of sp³-hybridized carbons (Fsp3) is 0.158. The molecular weight excluding hydrogens is 514 g/mol. The average molecular weight is 546 g/mol. The highest BCUT2D eigenvalue weighted by Crippen LogP contribution is 2.59. The van der Waals surface area contributed by atoms with Crippen molar-refractivity contribution in [3.8, 4) is 50.7 Å².